The van der Waals surface area contributed by atoms with Crippen molar-refractivity contribution in [3.8, 4) is 5.75 Å². The molecule has 0 bridgehead atoms. The number of hydrogen-bond acceptors (Lipinski definition) is 3. The fraction of sp³-hybridized carbons (Fsp3) is 0.0714. The summed E-state index contributed by atoms with van der Waals surface area (Å²) in [5, 5.41) is 11.8. The molecule has 0 aliphatic rings. The molecular formula is C14H12ClFN2O2. The number of rotatable bonds is 4. The van der Waals surface area contributed by atoms with Crippen LogP contribution in [0, 0.1) is 5.82 Å². The van der Waals surface area contributed by atoms with Crippen molar-refractivity contribution in [1.29, 1.82) is 0 Å². The molecule has 0 unspecified atom stereocenters. The second kappa shape index (κ2) is 6.25. The second-order valence-corrected chi connectivity index (χ2v) is 4.44. The van der Waals surface area contributed by atoms with Crippen molar-refractivity contribution >= 4 is 17.4 Å². The topological polar surface area (TPSA) is 67.8 Å². The van der Waals surface area contributed by atoms with E-state index < -0.39 is 0 Å². The van der Waals surface area contributed by atoms with Gasteiger partial charge in [-0.15, -0.1) is 0 Å². The third-order valence-electron chi connectivity index (χ3n) is 2.67. The Morgan fingerprint density at radius 2 is 1.95 bits per heavy atom. The molecule has 6 heteroatoms. The van der Waals surface area contributed by atoms with Gasteiger partial charge < -0.3 is 15.7 Å². The number of nitrogens with two attached hydrogens (primary N) is 1. The van der Waals surface area contributed by atoms with Crippen LogP contribution in [0.25, 0.3) is 0 Å². The number of hydrogen-bond donors (Lipinski definition) is 2. The molecule has 0 saturated carbocycles. The predicted molar refractivity (Wildman–Crippen MR) is 74.7 cm³/mol. The van der Waals surface area contributed by atoms with Gasteiger partial charge in [0.25, 0.3) is 0 Å². The fourth-order valence-electron chi connectivity index (χ4n) is 1.58. The SMILES string of the molecule is N/C(=N\O)c1ccc(OCc2ccc(F)cc2Cl)cc1. The van der Waals surface area contributed by atoms with Gasteiger partial charge in [-0.25, -0.2) is 4.39 Å². The summed E-state index contributed by atoms with van der Waals surface area (Å²) in [6.07, 6.45) is 0. The van der Waals surface area contributed by atoms with Crippen LogP contribution in [-0.4, -0.2) is 11.0 Å². The van der Waals surface area contributed by atoms with Crippen LogP contribution in [-0.2, 0) is 6.61 Å². The van der Waals surface area contributed by atoms with Crippen molar-refractivity contribution in [3.05, 3.63) is 64.4 Å². The Balaban J connectivity index is 2.04. The molecule has 0 aliphatic carbocycles. The molecule has 2 aromatic carbocycles. The lowest BCUT2D eigenvalue weighted by Crippen LogP contribution is -2.12. The molecule has 0 saturated heterocycles. The molecule has 0 fully saturated rings. The van der Waals surface area contributed by atoms with Gasteiger partial charge in [-0.1, -0.05) is 22.8 Å². The first-order valence-electron chi connectivity index (χ1n) is 5.75. The van der Waals surface area contributed by atoms with Crippen molar-refractivity contribution in [1.82, 2.24) is 0 Å². The molecule has 4 nitrogen and oxygen atoms in total. The van der Waals surface area contributed by atoms with E-state index in [1.165, 1.54) is 12.1 Å². The Bertz CT molecular complexity index is 630. The summed E-state index contributed by atoms with van der Waals surface area (Å²) in [7, 11) is 0. The highest BCUT2D eigenvalue weighted by molar-refractivity contribution is 6.31. The van der Waals surface area contributed by atoms with E-state index in [-0.39, 0.29) is 18.3 Å². The summed E-state index contributed by atoms with van der Waals surface area (Å²) >= 11 is 5.90. The van der Waals surface area contributed by atoms with Gasteiger partial charge in [0, 0.05) is 11.1 Å². The van der Waals surface area contributed by atoms with Crippen LogP contribution in [0.5, 0.6) is 5.75 Å². The molecule has 0 atom stereocenters. The number of ether oxygens (including phenoxy) is 1. The molecule has 104 valence electrons. The Morgan fingerprint density at radius 1 is 1.25 bits per heavy atom. The van der Waals surface area contributed by atoms with E-state index in [4.69, 9.17) is 27.3 Å². The first kappa shape index (κ1) is 14.1. The molecule has 0 spiro atoms. The van der Waals surface area contributed by atoms with Crippen LogP contribution in [0.3, 0.4) is 0 Å². The predicted octanol–water partition coefficient (Wildman–Crippen LogP) is 3.15. The zero-order valence-corrected chi connectivity index (χ0v) is 11.1. The summed E-state index contributed by atoms with van der Waals surface area (Å²) in [4.78, 5) is 0. The second-order valence-electron chi connectivity index (χ2n) is 4.03. The van der Waals surface area contributed by atoms with Crippen molar-refractivity contribution in [2.24, 2.45) is 10.9 Å². The summed E-state index contributed by atoms with van der Waals surface area (Å²) in [5.41, 5.74) is 6.72. The van der Waals surface area contributed by atoms with E-state index in [9.17, 15) is 4.39 Å². The molecule has 20 heavy (non-hydrogen) atoms. The maximum Gasteiger partial charge on any atom is 0.170 e. The smallest absolute Gasteiger partial charge is 0.170 e. The minimum absolute atomic E-state index is 0.0260. The monoisotopic (exact) mass is 294 g/mol. The van der Waals surface area contributed by atoms with Crippen LogP contribution in [0.2, 0.25) is 5.02 Å². The Morgan fingerprint density at radius 3 is 2.55 bits per heavy atom. The number of amidine groups is 1. The molecule has 0 aliphatic heterocycles. The van der Waals surface area contributed by atoms with Crippen LogP contribution >= 0.6 is 11.6 Å². The van der Waals surface area contributed by atoms with Gasteiger partial charge in [-0.2, -0.15) is 0 Å². The van der Waals surface area contributed by atoms with E-state index in [1.54, 1.807) is 30.3 Å². The third kappa shape index (κ3) is 3.39. The summed E-state index contributed by atoms with van der Waals surface area (Å²) in [6.45, 7) is 0.224. The highest BCUT2D eigenvalue weighted by Crippen LogP contribution is 2.20. The summed E-state index contributed by atoms with van der Waals surface area (Å²) in [5.74, 6) is 0.236. The zero-order chi connectivity index (χ0) is 14.5. The number of halogens is 2. The Kier molecular flexibility index (Phi) is 4.42. The number of oxime groups is 1. The highest BCUT2D eigenvalue weighted by Gasteiger charge is 2.04. The minimum atomic E-state index is -0.387. The van der Waals surface area contributed by atoms with Crippen LogP contribution in [0.1, 0.15) is 11.1 Å². The highest BCUT2D eigenvalue weighted by atomic mass is 35.5. The summed E-state index contributed by atoms with van der Waals surface area (Å²) < 4.78 is 18.4. The minimum Gasteiger partial charge on any atom is -0.489 e. The van der Waals surface area contributed by atoms with Gasteiger partial charge in [-0.3, -0.25) is 0 Å². The lowest BCUT2D eigenvalue weighted by molar-refractivity contribution is 0.306. The van der Waals surface area contributed by atoms with Gasteiger partial charge in [0.05, 0.1) is 5.02 Å². The van der Waals surface area contributed by atoms with E-state index in [1.807, 2.05) is 0 Å². The van der Waals surface area contributed by atoms with Gasteiger partial charge in [0.15, 0.2) is 5.84 Å². The maximum absolute atomic E-state index is 12.9. The van der Waals surface area contributed by atoms with Crippen molar-refractivity contribution in [3.63, 3.8) is 0 Å². The lowest BCUT2D eigenvalue weighted by Gasteiger charge is -2.08. The van der Waals surface area contributed by atoms with E-state index in [0.29, 0.717) is 21.9 Å². The molecule has 2 rings (SSSR count). The first-order valence-corrected chi connectivity index (χ1v) is 6.12. The van der Waals surface area contributed by atoms with E-state index >= 15 is 0 Å². The quantitative estimate of drug-likeness (QED) is 0.394. The number of nitrogens with zero attached hydrogens (tertiary/aromatic N) is 1. The van der Waals surface area contributed by atoms with Gasteiger partial charge in [-0.05, 0) is 36.4 Å². The average molecular weight is 295 g/mol. The Labute approximate surface area is 120 Å². The van der Waals surface area contributed by atoms with E-state index in [2.05, 4.69) is 5.16 Å². The number of benzene rings is 2. The van der Waals surface area contributed by atoms with Crippen LogP contribution in [0.15, 0.2) is 47.6 Å². The average Bonchev–Trinajstić information content (AvgIpc) is 2.46. The van der Waals surface area contributed by atoms with Gasteiger partial charge in [0.2, 0.25) is 0 Å². The third-order valence-corrected chi connectivity index (χ3v) is 3.02. The molecular weight excluding hydrogens is 283 g/mol. The van der Waals surface area contributed by atoms with Crippen molar-refractivity contribution in [2.45, 2.75) is 6.61 Å². The molecule has 3 N–H and O–H groups in total. The first-order chi connectivity index (χ1) is 9.60. The van der Waals surface area contributed by atoms with Crippen LogP contribution < -0.4 is 10.5 Å². The standard InChI is InChI=1S/C14H12ClFN2O2/c15-13-7-11(16)4-1-10(13)8-20-12-5-2-9(3-6-12)14(17)18-19/h1-7,19H,8H2,(H2,17,18). The molecule has 0 heterocycles. The Hall–Kier alpha value is -2.27. The van der Waals surface area contributed by atoms with E-state index in [0.717, 1.165) is 0 Å². The van der Waals surface area contributed by atoms with Gasteiger partial charge >= 0.3 is 0 Å². The fourth-order valence-corrected chi connectivity index (χ4v) is 1.80. The maximum atomic E-state index is 12.9. The summed E-state index contributed by atoms with van der Waals surface area (Å²) in [6, 6.07) is 10.8. The largest absolute Gasteiger partial charge is 0.489 e. The van der Waals surface area contributed by atoms with Crippen molar-refractivity contribution < 1.29 is 14.3 Å². The van der Waals surface area contributed by atoms with Gasteiger partial charge in [0.1, 0.15) is 18.2 Å². The normalized spacial score (nSPS) is 11.4. The lowest BCUT2D eigenvalue weighted by atomic mass is 10.2. The van der Waals surface area contributed by atoms with Crippen molar-refractivity contribution in [2.75, 3.05) is 0 Å². The molecule has 0 radical (unpaired) electrons. The molecule has 0 amide bonds. The molecule has 2 aromatic rings. The zero-order valence-electron chi connectivity index (χ0n) is 10.4. The molecule has 0 aromatic heterocycles. The van der Waals surface area contributed by atoms with Crippen LogP contribution in [0.4, 0.5) is 4.39 Å².